The Bertz CT molecular complexity index is 1200. The van der Waals surface area contributed by atoms with Crippen LogP contribution in [0.3, 0.4) is 0 Å². The van der Waals surface area contributed by atoms with Crippen LogP contribution in [0.4, 0.5) is 5.69 Å². The average Bonchev–Trinajstić information content (AvgIpc) is 3.15. The Morgan fingerprint density at radius 1 is 1.00 bits per heavy atom. The molecule has 0 radical (unpaired) electrons. The normalized spacial score (nSPS) is 17.2. The second-order valence-electron chi connectivity index (χ2n) is 8.90. The Balaban J connectivity index is 1.42. The van der Waals surface area contributed by atoms with E-state index >= 15 is 0 Å². The molecule has 0 bridgehead atoms. The average molecular weight is 443 g/mol. The van der Waals surface area contributed by atoms with Crippen molar-refractivity contribution in [1.29, 1.82) is 0 Å². The Labute approximate surface area is 194 Å². The maximum absolute atomic E-state index is 6.04. The van der Waals surface area contributed by atoms with Crippen molar-refractivity contribution in [3.05, 3.63) is 59.8 Å². The summed E-state index contributed by atoms with van der Waals surface area (Å²) in [6.45, 7) is 8.34. The van der Waals surface area contributed by atoms with Crippen LogP contribution < -0.4 is 4.90 Å². The number of aromatic nitrogens is 4. The molecular weight excluding hydrogens is 412 g/mol. The number of rotatable bonds is 4. The van der Waals surface area contributed by atoms with E-state index in [-0.39, 0.29) is 0 Å². The van der Waals surface area contributed by atoms with Gasteiger partial charge in [-0.2, -0.15) is 0 Å². The van der Waals surface area contributed by atoms with E-state index in [9.17, 15) is 0 Å². The number of hydrogen-bond donors (Lipinski definition) is 0. The minimum Gasteiger partial charge on any atom is -0.415 e. The fourth-order valence-electron chi connectivity index (χ4n) is 4.38. The zero-order valence-corrected chi connectivity index (χ0v) is 19.6. The van der Waals surface area contributed by atoms with Crippen molar-refractivity contribution in [1.82, 2.24) is 25.1 Å². The van der Waals surface area contributed by atoms with E-state index in [4.69, 9.17) is 9.40 Å². The van der Waals surface area contributed by atoms with Gasteiger partial charge in [-0.1, -0.05) is 24.3 Å². The highest BCUT2D eigenvalue weighted by Crippen LogP contribution is 2.30. The fraction of sp³-hybridized carbons (Fsp3) is 0.385. The van der Waals surface area contributed by atoms with Crippen LogP contribution in [0.5, 0.6) is 0 Å². The predicted octanol–water partition coefficient (Wildman–Crippen LogP) is 4.69. The van der Waals surface area contributed by atoms with Gasteiger partial charge >= 0.3 is 0 Å². The van der Waals surface area contributed by atoms with Gasteiger partial charge in [0.2, 0.25) is 5.89 Å². The monoisotopic (exact) mass is 442 g/mol. The molecule has 3 aromatic rings. The van der Waals surface area contributed by atoms with Gasteiger partial charge in [0.15, 0.2) is 0 Å². The van der Waals surface area contributed by atoms with Crippen LogP contribution in [-0.2, 0) is 0 Å². The summed E-state index contributed by atoms with van der Waals surface area (Å²) >= 11 is 0. The van der Waals surface area contributed by atoms with Crippen molar-refractivity contribution in [2.45, 2.75) is 33.1 Å². The molecule has 0 atom stereocenters. The molecule has 170 valence electrons. The van der Waals surface area contributed by atoms with Crippen LogP contribution >= 0.6 is 0 Å². The number of hydrogen-bond acceptors (Lipinski definition) is 7. The van der Waals surface area contributed by atoms with Gasteiger partial charge in [0, 0.05) is 43.0 Å². The largest absolute Gasteiger partial charge is 0.415 e. The summed E-state index contributed by atoms with van der Waals surface area (Å²) in [7, 11) is 2.18. The third kappa shape index (κ3) is 4.59. The number of aryl methyl sites for hydroxylation is 2. The number of likely N-dealkylation sites (N-methyl/N-ethyl adjacent to an activating group) is 1. The zero-order valence-electron chi connectivity index (χ0n) is 19.6. The maximum atomic E-state index is 6.04. The molecule has 0 amide bonds. The molecule has 7 heteroatoms. The topological polar surface area (TPSA) is 71.2 Å². The second kappa shape index (κ2) is 9.27. The highest BCUT2D eigenvalue weighted by molar-refractivity contribution is 5.69. The molecule has 0 N–H and O–H groups in total. The number of piperazine rings is 1. The summed E-state index contributed by atoms with van der Waals surface area (Å²) in [6.07, 6.45) is 11.2. The minimum absolute atomic E-state index is 0.415. The minimum atomic E-state index is 0.415. The summed E-state index contributed by atoms with van der Waals surface area (Å²) in [5.74, 6) is 0.980. The molecule has 1 aliphatic carbocycles. The van der Waals surface area contributed by atoms with Gasteiger partial charge in [0.25, 0.3) is 5.89 Å². The third-order valence-electron chi connectivity index (χ3n) is 6.46. The lowest BCUT2D eigenvalue weighted by molar-refractivity contribution is 0.313. The molecule has 0 saturated carbocycles. The Hall–Kier alpha value is -3.32. The highest BCUT2D eigenvalue weighted by atomic mass is 16.4. The van der Waals surface area contributed by atoms with Gasteiger partial charge in [-0.05, 0) is 57.9 Å². The van der Waals surface area contributed by atoms with Crippen LogP contribution in [0.2, 0.25) is 0 Å². The summed E-state index contributed by atoms with van der Waals surface area (Å²) in [4.78, 5) is 14.3. The molecule has 0 unspecified atom stereocenters. The molecule has 2 aromatic heterocycles. The SMILES string of the molecule is Cc1cc(N2CCN(C)CC2)ccc1-c1cnc(C)c(-c2nnc(C3=CC=CCCC3)o2)n1. The molecule has 5 rings (SSSR count). The van der Waals surface area contributed by atoms with E-state index in [1.54, 1.807) is 0 Å². The summed E-state index contributed by atoms with van der Waals surface area (Å²) in [5.41, 5.74) is 6.80. The third-order valence-corrected chi connectivity index (χ3v) is 6.46. The number of nitrogens with zero attached hydrogens (tertiary/aromatic N) is 6. The quantitative estimate of drug-likeness (QED) is 0.581. The fourth-order valence-corrected chi connectivity index (χ4v) is 4.38. The Morgan fingerprint density at radius 2 is 1.82 bits per heavy atom. The van der Waals surface area contributed by atoms with E-state index < -0.39 is 0 Å². The molecule has 2 aliphatic rings. The standard InChI is InChI=1S/C26H30N6O/c1-18-16-21(32-14-12-31(3)13-15-32)10-11-22(18)23-17-27-19(2)24(28-23)26-30-29-25(33-26)20-8-6-4-5-7-9-20/h4,6,8,10-11,16-17H,5,7,9,12-15H2,1-3H3. The highest BCUT2D eigenvalue weighted by Gasteiger charge is 2.19. The Kier molecular flexibility index (Phi) is 6.05. The van der Waals surface area contributed by atoms with Crippen molar-refractivity contribution in [3.63, 3.8) is 0 Å². The van der Waals surface area contributed by atoms with Crippen LogP contribution in [0.25, 0.3) is 28.4 Å². The molecule has 1 aliphatic heterocycles. The van der Waals surface area contributed by atoms with Gasteiger partial charge in [-0.3, -0.25) is 4.98 Å². The molecule has 0 spiro atoms. The molecular formula is C26H30N6O. The van der Waals surface area contributed by atoms with Gasteiger partial charge in [0.1, 0.15) is 5.69 Å². The Morgan fingerprint density at radius 3 is 2.64 bits per heavy atom. The summed E-state index contributed by atoms with van der Waals surface area (Å²) < 4.78 is 6.04. The van der Waals surface area contributed by atoms with E-state index in [1.165, 1.54) is 11.3 Å². The number of allylic oxidation sites excluding steroid dienone is 4. The van der Waals surface area contributed by atoms with Crippen molar-refractivity contribution in [2.24, 2.45) is 0 Å². The van der Waals surface area contributed by atoms with E-state index in [0.29, 0.717) is 17.5 Å². The zero-order chi connectivity index (χ0) is 22.8. The lowest BCUT2D eigenvalue weighted by atomic mass is 10.0. The van der Waals surface area contributed by atoms with Crippen LogP contribution in [0.1, 0.15) is 36.4 Å². The maximum Gasteiger partial charge on any atom is 0.268 e. The summed E-state index contributed by atoms with van der Waals surface area (Å²) in [6, 6.07) is 6.58. The van der Waals surface area contributed by atoms with E-state index in [2.05, 4.69) is 75.4 Å². The molecule has 1 fully saturated rings. The molecule has 3 heterocycles. The first-order chi connectivity index (χ1) is 16.1. The number of anilines is 1. The lowest BCUT2D eigenvalue weighted by Gasteiger charge is -2.34. The van der Waals surface area contributed by atoms with Crippen LogP contribution in [0, 0.1) is 13.8 Å². The first-order valence-electron chi connectivity index (χ1n) is 11.7. The summed E-state index contributed by atoms with van der Waals surface area (Å²) in [5, 5.41) is 8.59. The van der Waals surface area contributed by atoms with Crippen molar-refractivity contribution in [2.75, 3.05) is 38.1 Å². The smallest absolute Gasteiger partial charge is 0.268 e. The van der Waals surface area contributed by atoms with Gasteiger partial charge < -0.3 is 14.2 Å². The van der Waals surface area contributed by atoms with Gasteiger partial charge in [-0.15, -0.1) is 10.2 Å². The number of benzene rings is 1. The van der Waals surface area contributed by atoms with Crippen molar-refractivity contribution >= 4 is 11.3 Å². The molecule has 1 aromatic carbocycles. The molecule has 1 saturated heterocycles. The molecule has 7 nitrogen and oxygen atoms in total. The molecule has 33 heavy (non-hydrogen) atoms. The second-order valence-corrected chi connectivity index (χ2v) is 8.90. The van der Waals surface area contributed by atoms with Gasteiger partial charge in [0.05, 0.1) is 17.6 Å². The van der Waals surface area contributed by atoms with Crippen LogP contribution in [0.15, 0.2) is 47.0 Å². The van der Waals surface area contributed by atoms with E-state index in [1.807, 2.05) is 13.1 Å². The van der Waals surface area contributed by atoms with Crippen molar-refractivity contribution in [3.8, 4) is 22.8 Å². The predicted molar refractivity (Wildman–Crippen MR) is 131 cm³/mol. The first kappa shape index (κ1) is 21.5. The van der Waals surface area contributed by atoms with E-state index in [0.717, 1.165) is 68.0 Å². The van der Waals surface area contributed by atoms with Gasteiger partial charge in [-0.25, -0.2) is 4.98 Å². The van der Waals surface area contributed by atoms with Crippen molar-refractivity contribution < 1.29 is 4.42 Å². The lowest BCUT2D eigenvalue weighted by Crippen LogP contribution is -2.44. The van der Waals surface area contributed by atoms with Crippen LogP contribution in [-0.4, -0.2) is 58.3 Å². The first-order valence-corrected chi connectivity index (χ1v) is 11.7.